The van der Waals surface area contributed by atoms with Gasteiger partial charge in [0.25, 0.3) is 0 Å². The summed E-state index contributed by atoms with van der Waals surface area (Å²) in [7, 11) is 0. The fraction of sp³-hybridized carbons (Fsp3) is 0.500. The zero-order chi connectivity index (χ0) is 14.7. The molecule has 2 aromatic rings. The lowest BCUT2D eigenvalue weighted by Crippen LogP contribution is -2.20. The number of nitrogens with one attached hydrogen (secondary N) is 2. The number of para-hydroxylation sites is 1. The lowest BCUT2D eigenvalue weighted by molar-refractivity contribution is 0.120. The lowest BCUT2D eigenvalue weighted by Gasteiger charge is -2.15. The molecule has 0 spiro atoms. The zero-order valence-electron chi connectivity index (χ0n) is 12.6. The van der Waals surface area contributed by atoms with E-state index in [0.29, 0.717) is 12.0 Å². The average Bonchev–Trinajstić information content (AvgIpc) is 2.98. The van der Waals surface area contributed by atoms with Crippen LogP contribution in [0.25, 0.3) is 10.9 Å². The van der Waals surface area contributed by atoms with Gasteiger partial charge in [0, 0.05) is 24.6 Å². The molecule has 1 aromatic carbocycles. The molecule has 0 amide bonds. The molecule has 1 aliphatic heterocycles. The molecule has 1 aromatic heterocycles. The number of rotatable bonds is 5. The highest BCUT2D eigenvalue weighted by Crippen LogP contribution is 2.22. The van der Waals surface area contributed by atoms with Gasteiger partial charge in [0.1, 0.15) is 5.82 Å². The van der Waals surface area contributed by atoms with Crippen LogP contribution in [0.2, 0.25) is 0 Å². The maximum absolute atomic E-state index is 5.62. The maximum atomic E-state index is 5.62. The minimum atomic E-state index is 0.279. The van der Waals surface area contributed by atoms with Crippen LogP contribution in [-0.4, -0.2) is 35.3 Å². The van der Waals surface area contributed by atoms with E-state index in [9.17, 15) is 0 Å². The van der Waals surface area contributed by atoms with Crippen molar-refractivity contribution >= 4 is 22.7 Å². The Bertz CT molecular complexity index is 608. The van der Waals surface area contributed by atoms with Crippen LogP contribution in [0.5, 0.6) is 0 Å². The molecule has 1 atom stereocenters. The molecular formula is C16H22N4O. The van der Waals surface area contributed by atoms with Crippen LogP contribution >= 0.6 is 0 Å². The lowest BCUT2D eigenvalue weighted by atomic mass is 10.2. The van der Waals surface area contributed by atoms with Gasteiger partial charge in [0.05, 0.1) is 11.6 Å². The van der Waals surface area contributed by atoms with E-state index in [4.69, 9.17) is 4.74 Å². The van der Waals surface area contributed by atoms with Crippen molar-refractivity contribution < 1.29 is 4.74 Å². The SMILES string of the molecule is CC(C)Nc1nc(NCC2CCCO2)nc2ccccc12. The van der Waals surface area contributed by atoms with Gasteiger partial charge >= 0.3 is 0 Å². The Morgan fingerprint density at radius 1 is 1.29 bits per heavy atom. The number of nitrogens with zero attached hydrogens (tertiary/aromatic N) is 2. The number of fused-ring (bicyclic) bond motifs is 1. The third kappa shape index (κ3) is 3.42. The molecule has 1 aliphatic rings. The maximum Gasteiger partial charge on any atom is 0.225 e. The highest BCUT2D eigenvalue weighted by Gasteiger charge is 2.16. The molecule has 112 valence electrons. The number of hydrogen-bond acceptors (Lipinski definition) is 5. The standard InChI is InChI=1S/C16H22N4O/c1-11(2)18-15-13-7-3-4-8-14(13)19-16(20-15)17-10-12-6-5-9-21-12/h3-4,7-8,11-12H,5-6,9-10H2,1-2H3,(H2,17,18,19,20). The van der Waals surface area contributed by atoms with E-state index >= 15 is 0 Å². The molecule has 5 nitrogen and oxygen atoms in total. The first-order valence-corrected chi connectivity index (χ1v) is 7.61. The summed E-state index contributed by atoms with van der Waals surface area (Å²) in [4.78, 5) is 9.20. The molecule has 3 rings (SSSR count). The Morgan fingerprint density at radius 2 is 2.14 bits per heavy atom. The Labute approximate surface area is 125 Å². The first-order chi connectivity index (χ1) is 10.2. The van der Waals surface area contributed by atoms with Crippen LogP contribution in [0, 0.1) is 0 Å². The summed E-state index contributed by atoms with van der Waals surface area (Å²) >= 11 is 0. The summed E-state index contributed by atoms with van der Waals surface area (Å²) in [6.07, 6.45) is 2.53. The third-order valence-corrected chi connectivity index (χ3v) is 3.54. The van der Waals surface area contributed by atoms with Gasteiger partial charge in [-0.15, -0.1) is 0 Å². The highest BCUT2D eigenvalue weighted by atomic mass is 16.5. The highest BCUT2D eigenvalue weighted by molar-refractivity contribution is 5.90. The number of hydrogen-bond donors (Lipinski definition) is 2. The molecule has 1 saturated heterocycles. The second-order valence-corrected chi connectivity index (χ2v) is 5.73. The Kier molecular flexibility index (Phi) is 4.20. The minimum absolute atomic E-state index is 0.279. The molecule has 0 bridgehead atoms. The second-order valence-electron chi connectivity index (χ2n) is 5.73. The van der Waals surface area contributed by atoms with Crippen molar-refractivity contribution in [3.8, 4) is 0 Å². The largest absolute Gasteiger partial charge is 0.376 e. The van der Waals surface area contributed by atoms with Gasteiger partial charge in [-0.3, -0.25) is 0 Å². The Morgan fingerprint density at radius 3 is 2.90 bits per heavy atom. The van der Waals surface area contributed by atoms with Crippen molar-refractivity contribution in [1.82, 2.24) is 9.97 Å². The van der Waals surface area contributed by atoms with Crippen molar-refractivity contribution in [2.75, 3.05) is 23.8 Å². The van der Waals surface area contributed by atoms with Crippen molar-refractivity contribution in [1.29, 1.82) is 0 Å². The van der Waals surface area contributed by atoms with E-state index in [2.05, 4.69) is 34.4 Å². The minimum Gasteiger partial charge on any atom is -0.376 e. The van der Waals surface area contributed by atoms with E-state index < -0.39 is 0 Å². The summed E-state index contributed by atoms with van der Waals surface area (Å²) < 4.78 is 5.62. The molecule has 2 N–H and O–H groups in total. The monoisotopic (exact) mass is 286 g/mol. The predicted molar refractivity (Wildman–Crippen MR) is 85.8 cm³/mol. The molecule has 0 radical (unpaired) electrons. The predicted octanol–water partition coefficient (Wildman–Crippen LogP) is 3.04. The summed E-state index contributed by atoms with van der Waals surface area (Å²) in [5.74, 6) is 1.54. The van der Waals surface area contributed by atoms with Gasteiger partial charge in [0.15, 0.2) is 0 Å². The average molecular weight is 286 g/mol. The van der Waals surface area contributed by atoms with Gasteiger partial charge in [-0.05, 0) is 38.8 Å². The summed E-state index contributed by atoms with van der Waals surface area (Å²) in [6.45, 7) is 5.84. The van der Waals surface area contributed by atoms with E-state index in [0.717, 1.165) is 42.7 Å². The quantitative estimate of drug-likeness (QED) is 0.884. The molecule has 0 saturated carbocycles. The van der Waals surface area contributed by atoms with Gasteiger partial charge in [-0.1, -0.05) is 12.1 Å². The molecule has 2 heterocycles. The van der Waals surface area contributed by atoms with Gasteiger partial charge in [-0.2, -0.15) is 4.98 Å². The van der Waals surface area contributed by atoms with E-state index in [1.807, 2.05) is 24.3 Å². The van der Waals surface area contributed by atoms with Crippen LogP contribution in [0.3, 0.4) is 0 Å². The summed E-state index contributed by atoms with van der Waals surface area (Å²) in [6, 6.07) is 8.40. The van der Waals surface area contributed by atoms with Gasteiger partial charge < -0.3 is 15.4 Å². The van der Waals surface area contributed by atoms with Crippen LogP contribution in [0.1, 0.15) is 26.7 Å². The van der Waals surface area contributed by atoms with Crippen LogP contribution in [0.4, 0.5) is 11.8 Å². The molecule has 1 fully saturated rings. The number of benzene rings is 1. The topological polar surface area (TPSA) is 59.1 Å². The molecule has 21 heavy (non-hydrogen) atoms. The molecule has 1 unspecified atom stereocenters. The van der Waals surface area contributed by atoms with Crippen molar-refractivity contribution in [2.45, 2.75) is 38.8 Å². The van der Waals surface area contributed by atoms with Gasteiger partial charge in [0.2, 0.25) is 5.95 Å². The van der Waals surface area contributed by atoms with E-state index in [1.165, 1.54) is 0 Å². The van der Waals surface area contributed by atoms with Crippen molar-refractivity contribution in [3.05, 3.63) is 24.3 Å². The number of anilines is 2. The summed E-state index contributed by atoms with van der Waals surface area (Å²) in [5.41, 5.74) is 0.950. The molecular weight excluding hydrogens is 264 g/mol. The zero-order valence-corrected chi connectivity index (χ0v) is 12.6. The fourth-order valence-corrected chi connectivity index (χ4v) is 2.55. The van der Waals surface area contributed by atoms with E-state index in [1.54, 1.807) is 0 Å². The number of ether oxygens (including phenoxy) is 1. The Hall–Kier alpha value is -1.88. The second kappa shape index (κ2) is 6.26. The Balaban J connectivity index is 1.84. The fourth-order valence-electron chi connectivity index (χ4n) is 2.55. The third-order valence-electron chi connectivity index (χ3n) is 3.54. The molecule has 0 aliphatic carbocycles. The summed E-state index contributed by atoms with van der Waals surface area (Å²) in [5, 5.41) is 7.75. The normalized spacial score (nSPS) is 18.3. The first-order valence-electron chi connectivity index (χ1n) is 7.61. The first kappa shape index (κ1) is 14.1. The smallest absolute Gasteiger partial charge is 0.225 e. The molecule has 5 heteroatoms. The van der Waals surface area contributed by atoms with Crippen molar-refractivity contribution in [3.63, 3.8) is 0 Å². The van der Waals surface area contributed by atoms with E-state index in [-0.39, 0.29) is 6.10 Å². The number of aromatic nitrogens is 2. The van der Waals surface area contributed by atoms with Crippen LogP contribution in [-0.2, 0) is 4.74 Å². The van der Waals surface area contributed by atoms with Crippen LogP contribution in [0.15, 0.2) is 24.3 Å². The van der Waals surface area contributed by atoms with Crippen molar-refractivity contribution in [2.24, 2.45) is 0 Å². The van der Waals surface area contributed by atoms with Crippen LogP contribution < -0.4 is 10.6 Å². The van der Waals surface area contributed by atoms with Gasteiger partial charge in [-0.25, -0.2) is 4.98 Å².